The maximum atomic E-state index is 13.0. The van der Waals surface area contributed by atoms with Crippen LogP contribution in [0, 0.1) is 0 Å². The zero-order chi connectivity index (χ0) is 24.8. The fourth-order valence-electron chi connectivity index (χ4n) is 4.05. The molecule has 35 heavy (non-hydrogen) atoms. The summed E-state index contributed by atoms with van der Waals surface area (Å²) in [6, 6.07) is 22.6. The summed E-state index contributed by atoms with van der Waals surface area (Å²) in [7, 11) is 0. The van der Waals surface area contributed by atoms with Crippen LogP contribution in [0.3, 0.4) is 0 Å². The molecule has 3 N–H and O–H groups in total. The molecule has 0 aromatic heterocycles. The molecule has 7 heteroatoms. The Hall–Kier alpha value is -3.52. The van der Waals surface area contributed by atoms with Gasteiger partial charge in [-0.1, -0.05) is 48.5 Å². The molecule has 3 aromatic carbocycles. The lowest BCUT2D eigenvalue weighted by atomic mass is 9.94. The third-order valence-electron chi connectivity index (χ3n) is 5.94. The summed E-state index contributed by atoms with van der Waals surface area (Å²) in [5, 5.41) is 16.4. The number of nitrogens with zero attached hydrogens (tertiary/aromatic N) is 1. The molecular weight excluding hydrogens is 442 g/mol. The maximum absolute atomic E-state index is 13.0. The van der Waals surface area contributed by atoms with E-state index >= 15 is 0 Å². The average Bonchev–Trinajstić information content (AvgIpc) is 2.85. The molecule has 182 valence electrons. The SMILES string of the molecule is CC(C)(O)c1ccc(C(=O)Nc2ccc(-c3ccccc3)cc2)cc1NC(=O)CN1CCOCC1. The number of amides is 2. The summed E-state index contributed by atoms with van der Waals surface area (Å²) in [6.07, 6.45) is 0. The number of rotatable bonds is 7. The molecule has 3 aromatic rings. The van der Waals surface area contributed by atoms with Crippen LogP contribution in [-0.4, -0.2) is 54.7 Å². The van der Waals surface area contributed by atoms with Gasteiger partial charge in [-0.2, -0.15) is 0 Å². The second-order valence-electron chi connectivity index (χ2n) is 9.15. The molecule has 1 aliphatic heterocycles. The molecule has 0 unspecified atom stereocenters. The molecule has 1 aliphatic rings. The molecule has 4 rings (SSSR count). The van der Waals surface area contributed by atoms with E-state index in [1.54, 1.807) is 32.0 Å². The fourth-order valence-corrected chi connectivity index (χ4v) is 4.05. The van der Waals surface area contributed by atoms with Gasteiger partial charge in [-0.25, -0.2) is 0 Å². The van der Waals surface area contributed by atoms with Gasteiger partial charge in [0.05, 0.1) is 25.4 Å². The Morgan fingerprint density at radius 2 is 1.57 bits per heavy atom. The first kappa shape index (κ1) is 24.6. The summed E-state index contributed by atoms with van der Waals surface area (Å²) in [6.45, 7) is 6.10. The number of benzene rings is 3. The van der Waals surface area contributed by atoms with Gasteiger partial charge >= 0.3 is 0 Å². The number of anilines is 2. The quantitative estimate of drug-likeness (QED) is 0.481. The predicted octanol–water partition coefficient (Wildman–Crippen LogP) is 4.10. The number of aliphatic hydroxyl groups is 1. The molecule has 7 nitrogen and oxygen atoms in total. The molecule has 2 amide bonds. The zero-order valence-corrected chi connectivity index (χ0v) is 20.1. The van der Waals surface area contributed by atoms with E-state index in [1.165, 1.54) is 0 Å². The number of morpholine rings is 1. The van der Waals surface area contributed by atoms with E-state index in [-0.39, 0.29) is 18.4 Å². The molecule has 0 spiro atoms. The van der Waals surface area contributed by atoms with Crippen molar-refractivity contribution in [2.24, 2.45) is 0 Å². The minimum atomic E-state index is -1.19. The number of nitrogens with one attached hydrogen (secondary N) is 2. The zero-order valence-electron chi connectivity index (χ0n) is 20.1. The summed E-state index contributed by atoms with van der Waals surface area (Å²) in [5.74, 6) is -0.505. The van der Waals surface area contributed by atoms with E-state index < -0.39 is 5.60 Å². The van der Waals surface area contributed by atoms with Crippen molar-refractivity contribution in [1.82, 2.24) is 4.90 Å². The van der Waals surface area contributed by atoms with Crippen molar-refractivity contribution in [3.63, 3.8) is 0 Å². The average molecular weight is 474 g/mol. The van der Waals surface area contributed by atoms with Crippen LogP contribution in [0.25, 0.3) is 11.1 Å². The van der Waals surface area contributed by atoms with Crippen molar-refractivity contribution < 1.29 is 19.4 Å². The third kappa shape index (κ3) is 6.54. The summed E-state index contributed by atoms with van der Waals surface area (Å²) in [4.78, 5) is 27.7. The van der Waals surface area contributed by atoms with E-state index in [2.05, 4.69) is 10.6 Å². The van der Waals surface area contributed by atoms with E-state index in [1.807, 2.05) is 59.5 Å². The Labute approximate surface area is 205 Å². The molecule has 1 fully saturated rings. The molecule has 0 aliphatic carbocycles. The lowest BCUT2D eigenvalue weighted by molar-refractivity contribution is -0.118. The second-order valence-corrected chi connectivity index (χ2v) is 9.15. The molecule has 1 saturated heterocycles. The van der Waals surface area contributed by atoms with Crippen molar-refractivity contribution in [2.75, 3.05) is 43.5 Å². The minimum Gasteiger partial charge on any atom is -0.386 e. The largest absolute Gasteiger partial charge is 0.386 e. The highest BCUT2D eigenvalue weighted by Crippen LogP contribution is 2.29. The first-order valence-corrected chi connectivity index (χ1v) is 11.7. The van der Waals surface area contributed by atoms with E-state index in [0.717, 1.165) is 11.1 Å². The summed E-state index contributed by atoms with van der Waals surface area (Å²) in [5.41, 5.74) is 2.97. The van der Waals surface area contributed by atoms with Crippen molar-refractivity contribution in [3.8, 4) is 11.1 Å². The normalized spacial score (nSPS) is 14.4. The van der Waals surface area contributed by atoms with E-state index in [0.29, 0.717) is 48.8 Å². The fraction of sp³-hybridized carbons (Fsp3) is 0.286. The first-order chi connectivity index (χ1) is 16.8. The standard InChI is InChI=1S/C28H31N3O4/c1-28(2,34)24-13-10-22(18-25(24)30-26(32)19-31-14-16-35-17-15-31)27(33)29-23-11-8-21(9-12-23)20-6-4-3-5-7-20/h3-13,18,34H,14-17,19H2,1-2H3,(H,29,33)(H,30,32). The highest BCUT2D eigenvalue weighted by molar-refractivity contribution is 6.05. The lowest BCUT2D eigenvalue weighted by Gasteiger charge is -2.27. The molecule has 0 saturated carbocycles. The first-order valence-electron chi connectivity index (χ1n) is 11.7. The van der Waals surface area contributed by atoms with Crippen molar-refractivity contribution in [2.45, 2.75) is 19.4 Å². The molecule has 0 atom stereocenters. The third-order valence-corrected chi connectivity index (χ3v) is 5.94. The van der Waals surface area contributed by atoms with Crippen LogP contribution in [0.2, 0.25) is 0 Å². The lowest BCUT2D eigenvalue weighted by Crippen LogP contribution is -2.41. The second kappa shape index (κ2) is 10.8. The van der Waals surface area contributed by atoms with Crippen LogP contribution in [0.4, 0.5) is 11.4 Å². The van der Waals surface area contributed by atoms with Gasteiger partial charge in [-0.05, 0) is 49.2 Å². The van der Waals surface area contributed by atoms with Crippen LogP contribution in [-0.2, 0) is 15.1 Å². The predicted molar refractivity (Wildman–Crippen MR) is 137 cm³/mol. The number of ether oxygens (including phenoxy) is 1. The van der Waals surface area contributed by atoms with Gasteiger partial charge in [0.1, 0.15) is 0 Å². The van der Waals surface area contributed by atoms with Gasteiger partial charge in [0, 0.05) is 35.6 Å². The smallest absolute Gasteiger partial charge is 0.255 e. The number of carbonyl (C=O) groups excluding carboxylic acids is 2. The minimum absolute atomic E-state index is 0.202. The summed E-state index contributed by atoms with van der Waals surface area (Å²) < 4.78 is 5.33. The van der Waals surface area contributed by atoms with Gasteiger partial charge in [0.15, 0.2) is 0 Å². The van der Waals surface area contributed by atoms with Gasteiger partial charge in [-0.3, -0.25) is 14.5 Å². The van der Waals surface area contributed by atoms with Crippen LogP contribution in [0.15, 0.2) is 72.8 Å². The number of carbonyl (C=O) groups is 2. The molecule has 1 heterocycles. The Morgan fingerprint density at radius 3 is 2.23 bits per heavy atom. The Balaban J connectivity index is 1.48. The van der Waals surface area contributed by atoms with Crippen molar-refractivity contribution in [1.29, 1.82) is 0 Å². The maximum Gasteiger partial charge on any atom is 0.255 e. The van der Waals surface area contributed by atoms with Crippen LogP contribution in [0.1, 0.15) is 29.8 Å². The van der Waals surface area contributed by atoms with Crippen LogP contribution in [0.5, 0.6) is 0 Å². The van der Waals surface area contributed by atoms with Gasteiger partial charge in [-0.15, -0.1) is 0 Å². The topological polar surface area (TPSA) is 90.9 Å². The molecule has 0 bridgehead atoms. The van der Waals surface area contributed by atoms with Crippen LogP contribution < -0.4 is 10.6 Å². The Kier molecular flexibility index (Phi) is 7.60. The van der Waals surface area contributed by atoms with Gasteiger partial charge < -0.3 is 20.5 Å². The monoisotopic (exact) mass is 473 g/mol. The van der Waals surface area contributed by atoms with Crippen molar-refractivity contribution in [3.05, 3.63) is 83.9 Å². The molecular formula is C28H31N3O4. The highest BCUT2D eigenvalue weighted by Gasteiger charge is 2.23. The summed E-state index contributed by atoms with van der Waals surface area (Å²) >= 11 is 0. The Bertz CT molecular complexity index is 1170. The van der Waals surface area contributed by atoms with Gasteiger partial charge in [0.25, 0.3) is 5.91 Å². The van der Waals surface area contributed by atoms with E-state index in [4.69, 9.17) is 4.74 Å². The number of hydrogen-bond donors (Lipinski definition) is 3. The van der Waals surface area contributed by atoms with Gasteiger partial charge in [0.2, 0.25) is 5.91 Å². The van der Waals surface area contributed by atoms with Crippen LogP contribution >= 0.6 is 0 Å². The van der Waals surface area contributed by atoms with E-state index in [9.17, 15) is 14.7 Å². The molecule has 0 radical (unpaired) electrons. The number of hydrogen-bond acceptors (Lipinski definition) is 5. The highest BCUT2D eigenvalue weighted by atomic mass is 16.5. The van der Waals surface area contributed by atoms with Crippen molar-refractivity contribution >= 4 is 23.2 Å². The Morgan fingerprint density at radius 1 is 0.914 bits per heavy atom.